The molecule has 1 aromatic carbocycles. The Morgan fingerprint density at radius 3 is 2.67 bits per heavy atom. The summed E-state index contributed by atoms with van der Waals surface area (Å²) in [6.45, 7) is 4.66. The van der Waals surface area contributed by atoms with Crippen molar-refractivity contribution in [3.8, 4) is 5.75 Å². The number of methoxy groups -OCH3 is 1. The van der Waals surface area contributed by atoms with E-state index in [1.807, 2.05) is 32.0 Å². The van der Waals surface area contributed by atoms with E-state index in [0.717, 1.165) is 23.3 Å². The van der Waals surface area contributed by atoms with Gasteiger partial charge in [0.25, 0.3) is 0 Å². The van der Waals surface area contributed by atoms with Crippen molar-refractivity contribution >= 4 is 19.1 Å². The molecule has 0 spiro atoms. The molecule has 4 N–H and O–H groups in total. The molecule has 1 atom stereocenters. The molecule has 0 aromatic heterocycles. The molecule has 0 saturated carbocycles. The second-order valence-electron chi connectivity index (χ2n) is 7.18. The third kappa shape index (κ3) is 6.14. The normalized spacial score (nSPS) is 14.4. The van der Waals surface area contributed by atoms with Crippen LogP contribution in [0.5, 0.6) is 5.75 Å². The lowest BCUT2D eigenvalue weighted by Crippen LogP contribution is -2.51. The average Bonchev–Trinajstić information content (AvgIpc) is 2.64. The molecule has 0 unspecified atom stereocenters. The van der Waals surface area contributed by atoms with E-state index >= 15 is 0 Å². The second-order valence-corrected chi connectivity index (χ2v) is 7.18. The lowest BCUT2D eigenvalue weighted by atomic mass is 9.75. The number of hydrogen-bond donors (Lipinski definition) is 4. The van der Waals surface area contributed by atoms with Crippen molar-refractivity contribution in [3.63, 3.8) is 0 Å². The second kappa shape index (κ2) is 9.61. The van der Waals surface area contributed by atoms with Gasteiger partial charge in [0.2, 0.25) is 5.91 Å². The van der Waals surface area contributed by atoms with Crippen LogP contribution in [0.1, 0.15) is 31.4 Å². The number of fused-ring (bicyclic) bond motifs is 1. The van der Waals surface area contributed by atoms with Crippen LogP contribution in [0.15, 0.2) is 18.2 Å². The fourth-order valence-electron chi connectivity index (χ4n) is 3.12. The average molecular weight is 377 g/mol. The summed E-state index contributed by atoms with van der Waals surface area (Å²) in [4.78, 5) is 26.0. The zero-order valence-corrected chi connectivity index (χ0v) is 16.1. The maximum Gasteiger partial charge on any atom is 0.475 e. The van der Waals surface area contributed by atoms with Crippen molar-refractivity contribution in [2.24, 2.45) is 5.92 Å². The van der Waals surface area contributed by atoms with Crippen LogP contribution in [0.2, 0.25) is 0 Å². The Hall–Kier alpha value is -2.26. The molecule has 9 heteroatoms. The van der Waals surface area contributed by atoms with Gasteiger partial charge < -0.3 is 30.3 Å². The zero-order chi connectivity index (χ0) is 20.0. The number of hydrogen-bond acceptors (Lipinski definition) is 5. The standard InChI is InChI=1S/C18H28BN3O5/c1-12(2)8-16(19(25)26)21-17(23)10-20-18(24)22-7-6-13-9-15(27-3)5-4-14(13)11-22/h4-5,9,12,16,25-26H,6-8,10-11H2,1-3H3,(H,20,24)(H,21,23)/t16-/m0/s1. The molecule has 3 amide bonds. The van der Waals surface area contributed by atoms with Gasteiger partial charge in [-0.2, -0.15) is 0 Å². The van der Waals surface area contributed by atoms with Gasteiger partial charge in [0.15, 0.2) is 0 Å². The SMILES string of the molecule is COc1ccc2c(c1)CCN(C(=O)NCC(=O)N[C@@H](CC(C)C)B(O)O)C2. The molecule has 0 fully saturated rings. The third-order valence-electron chi connectivity index (χ3n) is 4.54. The number of benzene rings is 1. The third-order valence-corrected chi connectivity index (χ3v) is 4.54. The summed E-state index contributed by atoms with van der Waals surface area (Å²) in [5, 5.41) is 23.9. The number of amides is 3. The Kier molecular flexibility index (Phi) is 7.50. The largest absolute Gasteiger partial charge is 0.497 e. The van der Waals surface area contributed by atoms with Gasteiger partial charge in [0, 0.05) is 13.1 Å². The van der Waals surface area contributed by atoms with E-state index in [9.17, 15) is 19.6 Å². The number of nitrogens with one attached hydrogen (secondary N) is 2. The molecule has 0 bridgehead atoms. The van der Waals surface area contributed by atoms with Crippen molar-refractivity contribution < 1.29 is 24.4 Å². The van der Waals surface area contributed by atoms with E-state index in [-0.39, 0.29) is 18.5 Å². The van der Waals surface area contributed by atoms with Crippen LogP contribution in [-0.4, -0.2) is 60.1 Å². The summed E-state index contributed by atoms with van der Waals surface area (Å²) in [6.07, 6.45) is 1.16. The number of nitrogens with zero attached hydrogens (tertiary/aromatic N) is 1. The minimum atomic E-state index is -1.64. The van der Waals surface area contributed by atoms with E-state index in [2.05, 4.69) is 10.6 Å². The number of ether oxygens (including phenoxy) is 1. The van der Waals surface area contributed by atoms with E-state index in [4.69, 9.17) is 4.74 Å². The van der Waals surface area contributed by atoms with Crippen LogP contribution in [0, 0.1) is 5.92 Å². The molecular formula is C18H28BN3O5. The summed E-state index contributed by atoms with van der Waals surface area (Å²) in [5.41, 5.74) is 2.21. The summed E-state index contributed by atoms with van der Waals surface area (Å²) in [7, 11) is -0.0146. The first-order valence-corrected chi connectivity index (χ1v) is 9.14. The fraction of sp³-hybridized carbons (Fsp3) is 0.556. The van der Waals surface area contributed by atoms with Crippen LogP contribution in [0.25, 0.3) is 0 Å². The quantitative estimate of drug-likeness (QED) is 0.511. The van der Waals surface area contributed by atoms with Crippen molar-refractivity contribution in [3.05, 3.63) is 29.3 Å². The van der Waals surface area contributed by atoms with Crippen LogP contribution in [0.3, 0.4) is 0 Å². The van der Waals surface area contributed by atoms with Gasteiger partial charge >= 0.3 is 13.1 Å². The Morgan fingerprint density at radius 1 is 1.30 bits per heavy atom. The van der Waals surface area contributed by atoms with Crippen LogP contribution in [0.4, 0.5) is 4.79 Å². The highest BCUT2D eigenvalue weighted by molar-refractivity contribution is 6.43. The van der Waals surface area contributed by atoms with Crippen molar-refractivity contribution in [2.75, 3.05) is 20.2 Å². The maximum atomic E-state index is 12.3. The minimum absolute atomic E-state index is 0.193. The van der Waals surface area contributed by atoms with E-state index in [0.29, 0.717) is 19.5 Å². The monoisotopic (exact) mass is 377 g/mol. The van der Waals surface area contributed by atoms with Crippen molar-refractivity contribution in [1.29, 1.82) is 0 Å². The number of carbonyl (C=O) groups is 2. The summed E-state index contributed by atoms with van der Waals surface area (Å²) < 4.78 is 5.22. The minimum Gasteiger partial charge on any atom is -0.497 e. The molecule has 2 rings (SSSR count). The Bertz CT molecular complexity index is 668. The van der Waals surface area contributed by atoms with E-state index in [1.54, 1.807) is 12.0 Å². The Morgan fingerprint density at radius 2 is 2.04 bits per heavy atom. The molecular weight excluding hydrogens is 349 g/mol. The molecule has 0 aliphatic carbocycles. The highest BCUT2D eigenvalue weighted by atomic mass is 16.5. The first-order valence-electron chi connectivity index (χ1n) is 9.14. The highest BCUT2D eigenvalue weighted by Gasteiger charge is 2.26. The van der Waals surface area contributed by atoms with Gasteiger partial charge in [-0.25, -0.2) is 4.79 Å². The van der Waals surface area contributed by atoms with Crippen LogP contribution < -0.4 is 15.4 Å². The number of rotatable bonds is 7. The highest BCUT2D eigenvalue weighted by Crippen LogP contribution is 2.23. The molecule has 1 heterocycles. The molecule has 27 heavy (non-hydrogen) atoms. The molecule has 1 aromatic rings. The van der Waals surface area contributed by atoms with Gasteiger partial charge in [-0.1, -0.05) is 19.9 Å². The Labute approximate surface area is 160 Å². The first-order chi connectivity index (χ1) is 12.8. The predicted molar refractivity (Wildman–Crippen MR) is 102 cm³/mol. The molecule has 1 aliphatic heterocycles. The zero-order valence-electron chi connectivity index (χ0n) is 16.1. The van der Waals surface area contributed by atoms with Gasteiger partial charge in [-0.3, -0.25) is 4.79 Å². The summed E-state index contributed by atoms with van der Waals surface area (Å²) in [6, 6.07) is 5.46. The van der Waals surface area contributed by atoms with Gasteiger partial charge in [0.05, 0.1) is 19.6 Å². The first kappa shape index (κ1) is 21.0. The van der Waals surface area contributed by atoms with Gasteiger partial charge in [0.1, 0.15) is 5.75 Å². The van der Waals surface area contributed by atoms with Gasteiger partial charge in [-0.05, 0) is 42.0 Å². The lowest BCUT2D eigenvalue weighted by molar-refractivity contribution is -0.120. The smallest absolute Gasteiger partial charge is 0.475 e. The van der Waals surface area contributed by atoms with Crippen LogP contribution >= 0.6 is 0 Å². The topological polar surface area (TPSA) is 111 Å². The molecule has 1 aliphatic rings. The Balaban J connectivity index is 1.84. The van der Waals surface area contributed by atoms with Crippen molar-refractivity contribution in [1.82, 2.24) is 15.5 Å². The maximum absolute atomic E-state index is 12.3. The molecule has 8 nitrogen and oxygen atoms in total. The number of urea groups is 1. The van der Waals surface area contributed by atoms with E-state index in [1.165, 1.54) is 0 Å². The van der Waals surface area contributed by atoms with Crippen molar-refractivity contribution in [2.45, 2.75) is 39.2 Å². The summed E-state index contributed by atoms with van der Waals surface area (Å²) >= 11 is 0. The predicted octanol–water partition coefficient (Wildman–Crippen LogP) is 0.306. The van der Waals surface area contributed by atoms with Gasteiger partial charge in [-0.15, -0.1) is 0 Å². The molecule has 0 radical (unpaired) electrons. The summed E-state index contributed by atoms with van der Waals surface area (Å²) in [5.74, 6) is -0.223. The molecule has 0 saturated heterocycles. The number of carbonyl (C=O) groups excluding carboxylic acids is 2. The van der Waals surface area contributed by atoms with Crippen LogP contribution in [-0.2, 0) is 17.8 Å². The fourth-order valence-corrected chi connectivity index (χ4v) is 3.12. The molecule has 148 valence electrons. The lowest BCUT2D eigenvalue weighted by Gasteiger charge is -2.29. The van der Waals surface area contributed by atoms with E-state index < -0.39 is 19.0 Å².